The molecule has 0 spiro atoms. The van der Waals surface area contributed by atoms with Gasteiger partial charge in [-0.05, 0) is 24.8 Å². The molecule has 2 N–H and O–H groups in total. The zero-order valence-electron chi connectivity index (χ0n) is 16.9. The van der Waals surface area contributed by atoms with Gasteiger partial charge in [0, 0.05) is 31.6 Å². The van der Waals surface area contributed by atoms with Crippen LogP contribution in [0.15, 0.2) is 29.1 Å². The van der Waals surface area contributed by atoms with Crippen LogP contribution in [0, 0.1) is 5.92 Å². The molecule has 0 radical (unpaired) electrons. The summed E-state index contributed by atoms with van der Waals surface area (Å²) in [6, 6.07) is 7.26. The van der Waals surface area contributed by atoms with E-state index in [0.717, 1.165) is 25.7 Å². The Morgan fingerprint density at radius 3 is 2.52 bits per heavy atom. The standard InChI is InChI=1S/C21H32N4O2/c1-5-6-9-13-25-20(26)17-11-8-7-10-16(17)19(23-25)21(27)24(4)14-12-18(22)15(2)3/h7-8,10-11,15,18H,5-6,9,12-14,22H2,1-4H3. The Kier molecular flexibility index (Phi) is 7.54. The summed E-state index contributed by atoms with van der Waals surface area (Å²) in [4.78, 5) is 27.4. The normalized spacial score (nSPS) is 12.5. The van der Waals surface area contributed by atoms with E-state index in [-0.39, 0.29) is 17.5 Å². The topological polar surface area (TPSA) is 81.2 Å². The highest BCUT2D eigenvalue weighted by Crippen LogP contribution is 2.16. The molecule has 0 bridgehead atoms. The van der Waals surface area contributed by atoms with Crippen molar-refractivity contribution in [3.05, 3.63) is 40.3 Å². The van der Waals surface area contributed by atoms with Crippen LogP contribution in [-0.4, -0.2) is 40.2 Å². The predicted molar refractivity (Wildman–Crippen MR) is 110 cm³/mol. The van der Waals surface area contributed by atoms with Crippen LogP contribution in [-0.2, 0) is 6.54 Å². The first kappa shape index (κ1) is 21.1. The third kappa shape index (κ3) is 5.16. The molecule has 1 aromatic carbocycles. The minimum absolute atomic E-state index is 0.0490. The van der Waals surface area contributed by atoms with Gasteiger partial charge in [-0.1, -0.05) is 51.8 Å². The van der Waals surface area contributed by atoms with Crippen molar-refractivity contribution in [3.8, 4) is 0 Å². The smallest absolute Gasteiger partial charge is 0.274 e. The fourth-order valence-electron chi connectivity index (χ4n) is 3.01. The average molecular weight is 373 g/mol. The van der Waals surface area contributed by atoms with E-state index in [4.69, 9.17) is 5.73 Å². The zero-order valence-corrected chi connectivity index (χ0v) is 16.9. The lowest BCUT2D eigenvalue weighted by Gasteiger charge is -2.22. The average Bonchev–Trinajstić information content (AvgIpc) is 2.67. The Bertz CT molecular complexity index is 829. The van der Waals surface area contributed by atoms with Crippen molar-refractivity contribution >= 4 is 16.7 Å². The molecule has 148 valence electrons. The number of amides is 1. The highest BCUT2D eigenvalue weighted by molar-refractivity contribution is 6.04. The molecule has 1 aromatic heterocycles. The molecule has 6 heteroatoms. The monoisotopic (exact) mass is 372 g/mol. The summed E-state index contributed by atoms with van der Waals surface area (Å²) in [6.07, 6.45) is 3.69. The molecule has 0 saturated heterocycles. The van der Waals surface area contributed by atoms with Gasteiger partial charge in [-0.2, -0.15) is 5.10 Å². The molecule has 0 aliphatic carbocycles. The number of carbonyl (C=O) groups is 1. The Balaban J connectivity index is 2.33. The van der Waals surface area contributed by atoms with Gasteiger partial charge in [-0.15, -0.1) is 0 Å². The Morgan fingerprint density at radius 2 is 1.89 bits per heavy atom. The van der Waals surface area contributed by atoms with E-state index in [9.17, 15) is 9.59 Å². The Morgan fingerprint density at radius 1 is 1.22 bits per heavy atom. The lowest BCUT2D eigenvalue weighted by molar-refractivity contribution is 0.0782. The predicted octanol–water partition coefficient (Wildman–Crippen LogP) is 3.03. The molecule has 0 aliphatic rings. The van der Waals surface area contributed by atoms with Gasteiger partial charge < -0.3 is 10.6 Å². The second-order valence-corrected chi connectivity index (χ2v) is 7.55. The molecule has 0 fully saturated rings. The Hall–Kier alpha value is -2.21. The Labute approximate surface area is 161 Å². The van der Waals surface area contributed by atoms with E-state index < -0.39 is 0 Å². The van der Waals surface area contributed by atoms with Crippen molar-refractivity contribution in [2.24, 2.45) is 11.7 Å². The van der Waals surface area contributed by atoms with Gasteiger partial charge in [0.15, 0.2) is 5.69 Å². The summed E-state index contributed by atoms with van der Waals surface area (Å²) in [5, 5.41) is 5.59. The lowest BCUT2D eigenvalue weighted by atomic mass is 10.0. The fraction of sp³-hybridized carbons (Fsp3) is 0.571. The highest BCUT2D eigenvalue weighted by atomic mass is 16.2. The van der Waals surface area contributed by atoms with Gasteiger partial charge in [0.25, 0.3) is 11.5 Å². The maximum atomic E-state index is 13.0. The second kappa shape index (κ2) is 9.65. The molecule has 1 heterocycles. The summed E-state index contributed by atoms with van der Waals surface area (Å²) in [5.74, 6) is 0.194. The maximum Gasteiger partial charge on any atom is 0.274 e. The molecule has 2 rings (SSSR count). The van der Waals surface area contributed by atoms with Crippen molar-refractivity contribution in [1.29, 1.82) is 0 Å². The number of hydrogen-bond donors (Lipinski definition) is 1. The van der Waals surface area contributed by atoms with Crippen LogP contribution in [0.3, 0.4) is 0 Å². The number of carbonyl (C=O) groups excluding carboxylic acids is 1. The number of nitrogens with two attached hydrogens (primary N) is 1. The highest BCUT2D eigenvalue weighted by Gasteiger charge is 2.20. The first-order chi connectivity index (χ1) is 12.9. The van der Waals surface area contributed by atoms with Crippen LogP contribution in [0.5, 0.6) is 0 Å². The minimum Gasteiger partial charge on any atom is -0.340 e. The van der Waals surface area contributed by atoms with Gasteiger partial charge in [0.1, 0.15) is 0 Å². The van der Waals surface area contributed by atoms with Crippen molar-refractivity contribution in [3.63, 3.8) is 0 Å². The summed E-state index contributed by atoms with van der Waals surface area (Å²) < 4.78 is 1.44. The van der Waals surface area contributed by atoms with Crippen LogP contribution in [0.2, 0.25) is 0 Å². The quantitative estimate of drug-likeness (QED) is 0.686. The molecule has 6 nitrogen and oxygen atoms in total. The maximum absolute atomic E-state index is 13.0. The van der Waals surface area contributed by atoms with E-state index in [1.165, 1.54) is 4.68 Å². The molecule has 27 heavy (non-hydrogen) atoms. The zero-order chi connectivity index (χ0) is 20.0. The summed E-state index contributed by atoms with van der Waals surface area (Å²) in [7, 11) is 1.76. The number of rotatable bonds is 9. The van der Waals surface area contributed by atoms with Crippen molar-refractivity contribution in [2.45, 2.75) is 59.0 Å². The van der Waals surface area contributed by atoms with Gasteiger partial charge >= 0.3 is 0 Å². The summed E-state index contributed by atoms with van der Waals surface area (Å²) >= 11 is 0. The van der Waals surface area contributed by atoms with Gasteiger partial charge in [0.05, 0.1) is 5.39 Å². The number of fused-ring (bicyclic) bond motifs is 1. The van der Waals surface area contributed by atoms with Crippen molar-refractivity contribution < 1.29 is 4.79 Å². The van der Waals surface area contributed by atoms with Crippen molar-refractivity contribution in [1.82, 2.24) is 14.7 Å². The number of unbranched alkanes of at least 4 members (excludes halogenated alkanes) is 2. The van der Waals surface area contributed by atoms with Gasteiger partial charge in [0.2, 0.25) is 0 Å². The van der Waals surface area contributed by atoms with E-state index in [1.807, 2.05) is 12.1 Å². The second-order valence-electron chi connectivity index (χ2n) is 7.55. The van der Waals surface area contributed by atoms with E-state index in [2.05, 4.69) is 25.9 Å². The number of nitrogens with zero attached hydrogens (tertiary/aromatic N) is 3. The van der Waals surface area contributed by atoms with Crippen LogP contribution in [0.25, 0.3) is 10.8 Å². The van der Waals surface area contributed by atoms with Crippen LogP contribution in [0.1, 0.15) is 56.9 Å². The van der Waals surface area contributed by atoms with Gasteiger partial charge in [-0.3, -0.25) is 9.59 Å². The largest absolute Gasteiger partial charge is 0.340 e. The van der Waals surface area contributed by atoms with E-state index in [0.29, 0.717) is 35.5 Å². The minimum atomic E-state index is -0.175. The molecule has 1 unspecified atom stereocenters. The molecule has 1 atom stereocenters. The van der Waals surface area contributed by atoms with E-state index in [1.54, 1.807) is 24.1 Å². The van der Waals surface area contributed by atoms with Crippen LogP contribution in [0.4, 0.5) is 0 Å². The lowest BCUT2D eigenvalue weighted by Crippen LogP contribution is -2.36. The molecule has 1 amide bonds. The SMILES string of the molecule is CCCCCn1nc(C(=O)N(C)CCC(N)C(C)C)c2ccccc2c1=O. The molecule has 0 saturated carbocycles. The number of aromatic nitrogens is 2. The number of aryl methyl sites for hydroxylation is 1. The number of benzene rings is 1. The molecular formula is C21H32N4O2. The first-order valence-corrected chi connectivity index (χ1v) is 9.87. The first-order valence-electron chi connectivity index (χ1n) is 9.87. The third-order valence-corrected chi connectivity index (χ3v) is 5.04. The summed E-state index contributed by atoms with van der Waals surface area (Å²) in [6.45, 7) is 7.35. The molecule has 0 aliphatic heterocycles. The summed E-state index contributed by atoms with van der Waals surface area (Å²) in [5.41, 5.74) is 6.31. The number of hydrogen-bond acceptors (Lipinski definition) is 4. The molecule has 2 aromatic rings. The van der Waals surface area contributed by atoms with Crippen LogP contribution >= 0.6 is 0 Å². The van der Waals surface area contributed by atoms with Gasteiger partial charge in [-0.25, -0.2) is 4.68 Å². The van der Waals surface area contributed by atoms with Crippen molar-refractivity contribution in [2.75, 3.05) is 13.6 Å². The third-order valence-electron chi connectivity index (χ3n) is 5.04. The molecular weight excluding hydrogens is 340 g/mol. The fourth-order valence-corrected chi connectivity index (χ4v) is 3.01. The van der Waals surface area contributed by atoms with E-state index >= 15 is 0 Å². The van der Waals surface area contributed by atoms with Crippen LogP contribution < -0.4 is 11.3 Å².